The summed E-state index contributed by atoms with van der Waals surface area (Å²) in [6.45, 7) is 0. The number of aromatic carboxylic acids is 1. The van der Waals surface area contributed by atoms with Gasteiger partial charge in [0, 0.05) is 0 Å². The van der Waals surface area contributed by atoms with Crippen molar-refractivity contribution in [2.45, 2.75) is 18.4 Å². The van der Waals surface area contributed by atoms with Crippen molar-refractivity contribution >= 4 is 29.8 Å². The van der Waals surface area contributed by atoms with E-state index in [0.29, 0.717) is 0 Å². The van der Waals surface area contributed by atoms with Crippen LogP contribution in [0.2, 0.25) is 0 Å². The first kappa shape index (κ1) is 18.8. The molecule has 1 atom stereocenters. The van der Waals surface area contributed by atoms with Gasteiger partial charge in [0.15, 0.2) is 5.60 Å². The molecule has 0 heterocycles. The van der Waals surface area contributed by atoms with Crippen LogP contribution >= 0.6 is 0 Å². The van der Waals surface area contributed by atoms with Crippen molar-refractivity contribution in [1.82, 2.24) is 0 Å². The average Bonchev–Trinajstić information content (AvgIpc) is 2.45. The molecule has 4 N–H and O–H groups in total. The molecule has 1 aromatic carbocycles. The van der Waals surface area contributed by atoms with Crippen LogP contribution < -0.4 is 0 Å². The monoisotopic (exact) mass is 340 g/mol. The number of carboxylic acid groups (broad SMARTS) is 3. The first-order valence-corrected chi connectivity index (χ1v) is 6.31. The zero-order chi connectivity index (χ0) is 18.5. The summed E-state index contributed by atoms with van der Waals surface area (Å²) in [6, 6.07) is 4.80. The van der Waals surface area contributed by atoms with Crippen molar-refractivity contribution in [2.24, 2.45) is 0 Å². The number of carboxylic acids is 3. The van der Waals surface area contributed by atoms with Gasteiger partial charge in [0.05, 0.1) is 24.0 Å². The summed E-state index contributed by atoms with van der Waals surface area (Å²) in [5, 5.41) is 36.0. The maximum Gasteiger partial charge on any atom is 0.346 e. The lowest BCUT2D eigenvalue weighted by molar-refractivity contribution is -0.170. The van der Waals surface area contributed by atoms with Gasteiger partial charge in [-0.25, -0.2) is 14.4 Å². The third-order valence-corrected chi connectivity index (χ3v) is 2.86. The normalized spacial score (nSPS) is 12.7. The van der Waals surface area contributed by atoms with Crippen molar-refractivity contribution < 1.29 is 49.1 Å². The maximum absolute atomic E-state index is 11.8. The van der Waals surface area contributed by atoms with Gasteiger partial charge in [0.25, 0.3) is 0 Å². The fraction of sp³-hybridized carbons (Fsp3) is 0.214. The zero-order valence-corrected chi connectivity index (χ0v) is 12.0. The lowest BCUT2D eigenvalue weighted by atomic mass is 9.96. The van der Waals surface area contributed by atoms with Crippen molar-refractivity contribution in [1.29, 1.82) is 0 Å². The molecule has 0 radical (unpaired) electrons. The Morgan fingerprint density at radius 2 is 1.46 bits per heavy atom. The van der Waals surface area contributed by atoms with E-state index in [-0.39, 0.29) is 0 Å². The van der Waals surface area contributed by atoms with Crippen LogP contribution in [0.25, 0.3) is 0 Å². The number of rotatable bonds is 7. The summed E-state index contributed by atoms with van der Waals surface area (Å²) >= 11 is 0. The van der Waals surface area contributed by atoms with Gasteiger partial charge in [-0.05, 0) is 12.1 Å². The standard InChI is InChI=1S/C14H12O10/c15-9(16)5-14(23,13(21)22)6-10(17)24-12(20)8-4-2-1-3-7(8)11(18)19/h1-4,23H,5-6H2,(H,15,16)(H,18,19)(H,21,22). The first-order valence-electron chi connectivity index (χ1n) is 6.31. The van der Waals surface area contributed by atoms with Crippen LogP contribution in [0.1, 0.15) is 33.6 Å². The summed E-state index contributed by atoms with van der Waals surface area (Å²) in [5.74, 6) is -8.02. The van der Waals surface area contributed by atoms with E-state index in [1.807, 2.05) is 0 Å². The van der Waals surface area contributed by atoms with Crippen molar-refractivity contribution in [2.75, 3.05) is 0 Å². The highest BCUT2D eigenvalue weighted by atomic mass is 16.6. The van der Waals surface area contributed by atoms with Crippen molar-refractivity contribution in [3.05, 3.63) is 35.4 Å². The minimum atomic E-state index is -2.96. The van der Waals surface area contributed by atoms with E-state index in [1.54, 1.807) is 0 Å². The Hall–Kier alpha value is -3.27. The number of carbonyl (C=O) groups excluding carboxylic acids is 2. The Morgan fingerprint density at radius 3 is 1.92 bits per heavy atom. The van der Waals surface area contributed by atoms with Gasteiger partial charge in [0.1, 0.15) is 0 Å². The van der Waals surface area contributed by atoms with Crippen LogP contribution in [-0.4, -0.2) is 55.9 Å². The van der Waals surface area contributed by atoms with Gasteiger partial charge in [0.2, 0.25) is 0 Å². The number of hydrogen-bond acceptors (Lipinski definition) is 7. The van der Waals surface area contributed by atoms with E-state index in [1.165, 1.54) is 12.1 Å². The summed E-state index contributed by atoms with van der Waals surface area (Å²) in [4.78, 5) is 55.8. The number of aliphatic carboxylic acids is 2. The Bertz CT molecular complexity index is 707. The number of aliphatic hydroxyl groups is 1. The highest BCUT2D eigenvalue weighted by Gasteiger charge is 2.42. The summed E-state index contributed by atoms with van der Waals surface area (Å²) < 4.78 is 4.30. The van der Waals surface area contributed by atoms with Crippen LogP contribution in [0, 0.1) is 0 Å². The second-order valence-corrected chi connectivity index (χ2v) is 4.70. The third-order valence-electron chi connectivity index (χ3n) is 2.86. The minimum Gasteiger partial charge on any atom is -0.481 e. The predicted octanol–water partition coefficient (Wildman–Crippen LogP) is -0.251. The topological polar surface area (TPSA) is 175 Å². The largest absolute Gasteiger partial charge is 0.481 e. The molecule has 1 unspecified atom stereocenters. The fourth-order valence-corrected chi connectivity index (χ4v) is 1.74. The highest BCUT2D eigenvalue weighted by Crippen LogP contribution is 2.18. The molecular formula is C14H12O10. The molecule has 0 aliphatic carbocycles. The molecule has 0 saturated heterocycles. The van der Waals surface area contributed by atoms with E-state index in [2.05, 4.69) is 4.74 Å². The minimum absolute atomic E-state index is 0.450. The number of carbonyl (C=O) groups is 5. The zero-order valence-electron chi connectivity index (χ0n) is 12.0. The summed E-state index contributed by atoms with van der Waals surface area (Å²) in [5.41, 5.74) is -3.88. The summed E-state index contributed by atoms with van der Waals surface area (Å²) in [6.07, 6.45) is -2.60. The van der Waals surface area contributed by atoms with E-state index in [4.69, 9.17) is 15.3 Å². The molecule has 128 valence electrons. The third kappa shape index (κ3) is 4.61. The van der Waals surface area contributed by atoms with Crippen LogP contribution in [-0.2, 0) is 19.1 Å². The molecule has 0 fully saturated rings. The quantitative estimate of drug-likeness (QED) is 0.382. The van der Waals surface area contributed by atoms with Gasteiger partial charge in [-0.15, -0.1) is 0 Å². The molecule has 1 rings (SSSR count). The van der Waals surface area contributed by atoms with Crippen LogP contribution in [0.3, 0.4) is 0 Å². The molecule has 0 aromatic heterocycles. The Morgan fingerprint density at radius 1 is 0.917 bits per heavy atom. The second kappa shape index (κ2) is 7.33. The molecule has 0 bridgehead atoms. The van der Waals surface area contributed by atoms with Crippen LogP contribution in [0.5, 0.6) is 0 Å². The maximum atomic E-state index is 11.8. The number of benzene rings is 1. The van der Waals surface area contributed by atoms with Gasteiger partial charge in [-0.2, -0.15) is 0 Å². The summed E-state index contributed by atoms with van der Waals surface area (Å²) in [7, 11) is 0. The van der Waals surface area contributed by atoms with Gasteiger partial charge in [-0.1, -0.05) is 12.1 Å². The molecule has 0 saturated carbocycles. The molecular weight excluding hydrogens is 328 g/mol. The van der Waals surface area contributed by atoms with E-state index < -0.39 is 59.4 Å². The molecule has 0 spiro atoms. The van der Waals surface area contributed by atoms with Crippen molar-refractivity contribution in [3.8, 4) is 0 Å². The Balaban J connectivity index is 2.91. The molecule has 10 nitrogen and oxygen atoms in total. The van der Waals surface area contributed by atoms with E-state index in [0.717, 1.165) is 12.1 Å². The smallest absolute Gasteiger partial charge is 0.346 e. The molecule has 24 heavy (non-hydrogen) atoms. The van der Waals surface area contributed by atoms with Crippen LogP contribution in [0.15, 0.2) is 24.3 Å². The average molecular weight is 340 g/mol. The predicted molar refractivity (Wildman–Crippen MR) is 73.3 cm³/mol. The first-order chi connectivity index (χ1) is 11.1. The number of esters is 2. The Kier molecular flexibility index (Phi) is 5.73. The second-order valence-electron chi connectivity index (χ2n) is 4.70. The lowest BCUT2D eigenvalue weighted by Crippen LogP contribution is -2.43. The molecule has 10 heteroatoms. The van der Waals surface area contributed by atoms with Crippen LogP contribution in [0.4, 0.5) is 0 Å². The number of hydrogen-bond donors (Lipinski definition) is 4. The lowest BCUT2D eigenvalue weighted by Gasteiger charge is -2.19. The molecule has 0 amide bonds. The molecule has 0 aliphatic heterocycles. The Labute approximate surface area is 133 Å². The van der Waals surface area contributed by atoms with Gasteiger partial charge < -0.3 is 25.2 Å². The van der Waals surface area contributed by atoms with Gasteiger partial charge in [-0.3, -0.25) is 9.59 Å². The molecule has 0 aliphatic rings. The number of ether oxygens (including phenoxy) is 1. The van der Waals surface area contributed by atoms with Gasteiger partial charge >= 0.3 is 29.8 Å². The van der Waals surface area contributed by atoms with Crippen molar-refractivity contribution in [3.63, 3.8) is 0 Å². The SMILES string of the molecule is O=C(O)CC(O)(CC(=O)OC(=O)c1ccccc1C(=O)O)C(=O)O. The molecule has 1 aromatic rings. The van der Waals surface area contributed by atoms with E-state index in [9.17, 15) is 29.1 Å². The van der Waals surface area contributed by atoms with E-state index >= 15 is 0 Å². The highest BCUT2D eigenvalue weighted by molar-refractivity contribution is 6.05. The fourth-order valence-electron chi connectivity index (χ4n) is 1.74.